The Labute approximate surface area is 119 Å². The van der Waals surface area contributed by atoms with Crippen LogP contribution in [0, 0.1) is 0 Å². The topological polar surface area (TPSA) is 114 Å². The Morgan fingerprint density at radius 2 is 2.20 bits per heavy atom. The summed E-state index contributed by atoms with van der Waals surface area (Å²) in [6, 6.07) is 1.03. The molecule has 0 saturated heterocycles. The summed E-state index contributed by atoms with van der Waals surface area (Å²) in [5.41, 5.74) is 5.53. The number of hydrogen-bond acceptors (Lipinski definition) is 5. The van der Waals surface area contributed by atoms with Crippen LogP contribution in [-0.4, -0.2) is 31.9 Å². The van der Waals surface area contributed by atoms with Crippen molar-refractivity contribution in [1.29, 1.82) is 0 Å². The van der Waals surface area contributed by atoms with Crippen LogP contribution in [0.4, 0.5) is 5.69 Å². The van der Waals surface area contributed by atoms with E-state index in [-0.39, 0.29) is 11.3 Å². The average Bonchev–Trinajstić information content (AvgIpc) is 2.34. The number of carbonyl (C=O) groups excluding carboxylic acids is 1. The molecule has 0 spiro atoms. The number of amides is 1. The summed E-state index contributed by atoms with van der Waals surface area (Å²) in [6.45, 7) is 4.22. The molecule has 112 valence electrons. The summed E-state index contributed by atoms with van der Waals surface area (Å²) in [7, 11) is -3.75. The van der Waals surface area contributed by atoms with Gasteiger partial charge in [0.2, 0.25) is 15.9 Å². The molecule has 0 aliphatic carbocycles. The number of sulfonamides is 1. The minimum absolute atomic E-state index is 0.0583. The molecule has 0 aliphatic heterocycles. The Balaban J connectivity index is 2.94. The monoisotopic (exact) mass is 300 g/mol. The number of primary amides is 1. The van der Waals surface area contributed by atoms with Crippen molar-refractivity contribution in [1.82, 2.24) is 9.71 Å². The van der Waals surface area contributed by atoms with Gasteiger partial charge in [-0.15, -0.1) is 0 Å². The summed E-state index contributed by atoms with van der Waals surface area (Å²) < 4.78 is 26.9. The van der Waals surface area contributed by atoms with Crippen molar-refractivity contribution < 1.29 is 13.2 Å². The zero-order chi connectivity index (χ0) is 15.2. The zero-order valence-corrected chi connectivity index (χ0v) is 12.4. The number of nitrogens with two attached hydrogens (primary N) is 1. The molecule has 1 heterocycles. The van der Waals surface area contributed by atoms with Crippen LogP contribution in [-0.2, 0) is 14.8 Å². The Morgan fingerprint density at radius 3 is 2.80 bits per heavy atom. The molecule has 1 amide bonds. The number of rotatable bonds is 8. The highest BCUT2D eigenvalue weighted by Gasteiger charge is 2.21. The van der Waals surface area contributed by atoms with E-state index in [1.807, 2.05) is 6.92 Å². The van der Waals surface area contributed by atoms with Crippen LogP contribution in [0.25, 0.3) is 0 Å². The lowest BCUT2D eigenvalue weighted by atomic mass is 10.2. The van der Waals surface area contributed by atoms with E-state index in [1.165, 1.54) is 12.4 Å². The summed E-state index contributed by atoms with van der Waals surface area (Å²) in [6.07, 6.45) is 3.60. The van der Waals surface area contributed by atoms with Gasteiger partial charge in [-0.05, 0) is 19.4 Å². The largest absolute Gasteiger partial charge is 0.384 e. The lowest BCUT2D eigenvalue weighted by molar-refractivity contribution is -0.118. The van der Waals surface area contributed by atoms with Crippen LogP contribution >= 0.6 is 0 Å². The molecule has 0 aromatic carbocycles. The van der Waals surface area contributed by atoms with E-state index in [1.54, 1.807) is 13.0 Å². The minimum atomic E-state index is -3.75. The maximum atomic E-state index is 12.3. The van der Waals surface area contributed by atoms with Crippen LogP contribution in [0.1, 0.15) is 26.7 Å². The van der Waals surface area contributed by atoms with E-state index in [4.69, 9.17) is 5.73 Å². The number of aromatic nitrogens is 1. The first-order chi connectivity index (χ1) is 9.36. The van der Waals surface area contributed by atoms with Gasteiger partial charge in [0.15, 0.2) is 0 Å². The normalized spacial score (nSPS) is 12.9. The van der Waals surface area contributed by atoms with Gasteiger partial charge in [-0.1, -0.05) is 6.92 Å². The number of anilines is 1. The highest BCUT2D eigenvalue weighted by atomic mass is 32.2. The third kappa shape index (κ3) is 4.78. The first-order valence-corrected chi connectivity index (χ1v) is 7.83. The van der Waals surface area contributed by atoms with E-state index in [0.29, 0.717) is 12.2 Å². The fraction of sp³-hybridized carbons (Fsp3) is 0.500. The third-order valence-corrected chi connectivity index (χ3v) is 4.12. The molecular formula is C12H20N4O3S. The van der Waals surface area contributed by atoms with Gasteiger partial charge >= 0.3 is 0 Å². The Bertz CT molecular complexity index is 560. The van der Waals surface area contributed by atoms with E-state index >= 15 is 0 Å². The van der Waals surface area contributed by atoms with Crippen molar-refractivity contribution in [2.24, 2.45) is 5.73 Å². The van der Waals surface area contributed by atoms with Gasteiger partial charge in [-0.3, -0.25) is 9.78 Å². The lowest BCUT2D eigenvalue weighted by Crippen LogP contribution is -2.36. The molecule has 0 radical (unpaired) electrons. The number of carbonyl (C=O) groups is 1. The third-order valence-electron chi connectivity index (χ3n) is 2.50. The van der Waals surface area contributed by atoms with Crippen LogP contribution in [0.3, 0.4) is 0 Å². The predicted octanol–water partition coefficient (Wildman–Crippen LogP) is 0.446. The van der Waals surface area contributed by atoms with Crippen molar-refractivity contribution in [2.45, 2.75) is 37.6 Å². The first kappa shape index (κ1) is 16.4. The standard InChI is InChI=1S/C12H20N4O3S/c1-3-5-15-10-4-6-14-8-11(10)20(18,19)16-9(2)7-12(13)17/h4,6,8-9,16H,3,5,7H2,1-2H3,(H2,13,17)(H,14,15). The van der Waals surface area contributed by atoms with Crippen LogP contribution in [0.2, 0.25) is 0 Å². The molecule has 1 rings (SSSR count). The number of pyridine rings is 1. The fourth-order valence-corrected chi connectivity index (χ4v) is 3.04. The average molecular weight is 300 g/mol. The lowest BCUT2D eigenvalue weighted by Gasteiger charge is -2.15. The van der Waals surface area contributed by atoms with Crippen molar-refractivity contribution in [2.75, 3.05) is 11.9 Å². The molecular weight excluding hydrogens is 280 g/mol. The highest BCUT2D eigenvalue weighted by Crippen LogP contribution is 2.19. The van der Waals surface area contributed by atoms with E-state index in [9.17, 15) is 13.2 Å². The van der Waals surface area contributed by atoms with Crippen molar-refractivity contribution in [3.63, 3.8) is 0 Å². The fourth-order valence-electron chi connectivity index (χ4n) is 1.67. The van der Waals surface area contributed by atoms with Crippen LogP contribution < -0.4 is 15.8 Å². The van der Waals surface area contributed by atoms with Gasteiger partial charge < -0.3 is 11.1 Å². The van der Waals surface area contributed by atoms with Gasteiger partial charge in [-0.25, -0.2) is 13.1 Å². The molecule has 1 unspecified atom stereocenters. The molecule has 7 nitrogen and oxygen atoms in total. The maximum absolute atomic E-state index is 12.3. The van der Waals surface area contributed by atoms with Gasteiger partial charge in [0.25, 0.3) is 0 Å². The second-order valence-electron chi connectivity index (χ2n) is 4.49. The van der Waals surface area contributed by atoms with Crippen molar-refractivity contribution in [3.05, 3.63) is 18.5 Å². The molecule has 0 fully saturated rings. The maximum Gasteiger partial charge on any atom is 0.244 e. The van der Waals surface area contributed by atoms with E-state index in [2.05, 4.69) is 15.0 Å². The predicted molar refractivity (Wildman–Crippen MR) is 76.6 cm³/mol. The van der Waals surface area contributed by atoms with Gasteiger partial charge in [0.05, 0.1) is 5.69 Å². The van der Waals surface area contributed by atoms with Gasteiger partial charge in [0.1, 0.15) is 4.90 Å². The first-order valence-electron chi connectivity index (χ1n) is 6.35. The molecule has 1 aromatic heterocycles. The molecule has 20 heavy (non-hydrogen) atoms. The molecule has 0 saturated carbocycles. The number of hydrogen-bond donors (Lipinski definition) is 3. The Morgan fingerprint density at radius 1 is 1.50 bits per heavy atom. The SMILES string of the molecule is CCCNc1ccncc1S(=O)(=O)NC(C)CC(N)=O. The summed E-state index contributed by atoms with van der Waals surface area (Å²) in [5, 5.41) is 3.03. The molecule has 0 aliphatic rings. The second-order valence-corrected chi connectivity index (χ2v) is 6.17. The van der Waals surface area contributed by atoms with Crippen LogP contribution in [0.5, 0.6) is 0 Å². The molecule has 8 heteroatoms. The smallest absolute Gasteiger partial charge is 0.244 e. The summed E-state index contributed by atoms with van der Waals surface area (Å²) >= 11 is 0. The van der Waals surface area contributed by atoms with Crippen molar-refractivity contribution >= 4 is 21.6 Å². The Kier molecular flexibility index (Phi) is 5.90. The summed E-state index contributed by atoms with van der Waals surface area (Å²) in [5.74, 6) is -0.560. The second kappa shape index (κ2) is 7.20. The minimum Gasteiger partial charge on any atom is -0.384 e. The van der Waals surface area contributed by atoms with Gasteiger partial charge in [-0.2, -0.15) is 0 Å². The Hall–Kier alpha value is -1.67. The summed E-state index contributed by atoms with van der Waals surface area (Å²) in [4.78, 5) is 14.7. The van der Waals surface area contributed by atoms with E-state index < -0.39 is 22.0 Å². The van der Waals surface area contributed by atoms with E-state index in [0.717, 1.165) is 6.42 Å². The zero-order valence-electron chi connectivity index (χ0n) is 11.6. The highest BCUT2D eigenvalue weighted by molar-refractivity contribution is 7.89. The molecule has 1 aromatic rings. The van der Waals surface area contributed by atoms with Gasteiger partial charge in [0, 0.05) is 31.4 Å². The molecule has 4 N–H and O–H groups in total. The molecule has 1 atom stereocenters. The number of nitrogens with zero attached hydrogens (tertiary/aromatic N) is 1. The van der Waals surface area contributed by atoms with Crippen LogP contribution in [0.15, 0.2) is 23.4 Å². The molecule has 0 bridgehead atoms. The quantitative estimate of drug-likeness (QED) is 0.644. The van der Waals surface area contributed by atoms with Crippen molar-refractivity contribution in [3.8, 4) is 0 Å². The number of nitrogens with one attached hydrogen (secondary N) is 2.